The van der Waals surface area contributed by atoms with Gasteiger partial charge in [-0.2, -0.15) is 0 Å². The van der Waals surface area contributed by atoms with Crippen molar-refractivity contribution in [3.05, 3.63) is 69.8 Å². The Hall–Kier alpha value is -1.89. The van der Waals surface area contributed by atoms with Gasteiger partial charge in [0.25, 0.3) is 0 Å². The predicted molar refractivity (Wildman–Crippen MR) is 77.9 cm³/mol. The van der Waals surface area contributed by atoms with Gasteiger partial charge in [0.2, 0.25) is 0 Å². The summed E-state index contributed by atoms with van der Waals surface area (Å²) in [5, 5.41) is 0. The highest BCUT2D eigenvalue weighted by Crippen LogP contribution is 2.43. The van der Waals surface area contributed by atoms with Crippen molar-refractivity contribution in [3.63, 3.8) is 0 Å². The van der Waals surface area contributed by atoms with Crippen LogP contribution in [0.1, 0.15) is 52.0 Å². The number of carbonyl (C=O) groups is 1. The number of rotatable bonds is 0. The van der Waals surface area contributed by atoms with Gasteiger partial charge in [-0.05, 0) is 36.1 Å². The molecule has 0 unspecified atom stereocenters. The number of ketones is 1. The molecule has 2 aromatic carbocycles. The van der Waals surface area contributed by atoms with E-state index in [0.29, 0.717) is 0 Å². The summed E-state index contributed by atoms with van der Waals surface area (Å²) in [6.07, 6.45) is 0. The molecule has 0 N–H and O–H groups in total. The molecule has 1 aliphatic carbocycles. The summed E-state index contributed by atoms with van der Waals surface area (Å²) in [4.78, 5) is 12.8. The molecule has 0 bridgehead atoms. The first-order valence-electron chi connectivity index (χ1n) is 6.69. The van der Waals surface area contributed by atoms with E-state index in [4.69, 9.17) is 0 Å². The summed E-state index contributed by atoms with van der Waals surface area (Å²) in [7, 11) is 0. The molecule has 96 valence electrons. The van der Waals surface area contributed by atoms with E-state index in [2.05, 4.69) is 39.0 Å². The number of hydrogen-bond acceptors (Lipinski definition) is 1. The second-order valence-corrected chi connectivity index (χ2v) is 5.95. The molecule has 1 heteroatoms. The third kappa shape index (κ3) is 1.51. The quantitative estimate of drug-likeness (QED) is 0.685. The lowest BCUT2D eigenvalue weighted by molar-refractivity contribution is 0.103. The van der Waals surface area contributed by atoms with Crippen LogP contribution in [0.2, 0.25) is 0 Å². The van der Waals surface area contributed by atoms with Crippen LogP contribution in [0.4, 0.5) is 0 Å². The average Bonchev–Trinajstić information content (AvgIpc) is 2.39. The Morgan fingerprint density at radius 3 is 2.26 bits per heavy atom. The lowest BCUT2D eigenvalue weighted by Gasteiger charge is -2.36. The fraction of sp³-hybridized carbons (Fsp3) is 0.278. The number of benzene rings is 2. The normalized spacial score (nSPS) is 15.9. The van der Waals surface area contributed by atoms with Crippen LogP contribution in [0.5, 0.6) is 0 Å². The monoisotopic (exact) mass is 250 g/mol. The second kappa shape index (κ2) is 3.80. The summed E-state index contributed by atoms with van der Waals surface area (Å²) in [5.41, 5.74) is 6.26. The minimum Gasteiger partial charge on any atom is -0.289 e. The fourth-order valence-corrected chi connectivity index (χ4v) is 3.40. The molecule has 0 heterocycles. The van der Waals surface area contributed by atoms with Crippen molar-refractivity contribution in [2.45, 2.75) is 33.1 Å². The number of fused-ring (bicyclic) bond motifs is 2. The molecule has 1 aliphatic rings. The topological polar surface area (TPSA) is 17.1 Å². The Kier molecular flexibility index (Phi) is 2.43. The van der Waals surface area contributed by atoms with Crippen LogP contribution < -0.4 is 0 Å². The third-order valence-electron chi connectivity index (χ3n) is 4.32. The Labute approximate surface area is 114 Å². The zero-order valence-electron chi connectivity index (χ0n) is 11.9. The van der Waals surface area contributed by atoms with Crippen molar-refractivity contribution in [3.8, 4) is 0 Å². The molecule has 0 aliphatic heterocycles. The highest BCUT2D eigenvalue weighted by molar-refractivity contribution is 6.14. The van der Waals surface area contributed by atoms with Gasteiger partial charge in [-0.3, -0.25) is 4.79 Å². The molecule has 0 amide bonds. The molecule has 0 saturated heterocycles. The van der Waals surface area contributed by atoms with Gasteiger partial charge in [-0.25, -0.2) is 0 Å². The van der Waals surface area contributed by atoms with Gasteiger partial charge in [0.05, 0.1) is 0 Å². The van der Waals surface area contributed by atoms with Crippen LogP contribution in [0.25, 0.3) is 0 Å². The SMILES string of the molecule is Cc1ccc(C)c2c1C(=O)c1ccccc1C2(C)C. The smallest absolute Gasteiger partial charge is 0.193 e. The van der Waals surface area contributed by atoms with Crippen LogP contribution in [0, 0.1) is 13.8 Å². The van der Waals surface area contributed by atoms with Crippen molar-refractivity contribution in [1.29, 1.82) is 0 Å². The first-order valence-corrected chi connectivity index (χ1v) is 6.69. The van der Waals surface area contributed by atoms with Crippen molar-refractivity contribution in [1.82, 2.24) is 0 Å². The molecule has 3 rings (SSSR count). The zero-order chi connectivity index (χ0) is 13.8. The lowest BCUT2D eigenvalue weighted by Crippen LogP contribution is -2.32. The molecule has 0 saturated carbocycles. The molecule has 19 heavy (non-hydrogen) atoms. The summed E-state index contributed by atoms with van der Waals surface area (Å²) in [6, 6.07) is 12.2. The first kappa shape index (κ1) is 12.2. The van der Waals surface area contributed by atoms with Crippen LogP contribution in [-0.4, -0.2) is 5.78 Å². The lowest BCUT2D eigenvalue weighted by atomic mass is 9.66. The van der Waals surface area contributed by atoms with Gasteiger partial charge >= 0.3 is 0 Å². The van der Waals surface area contributed by atoms with Crippen molar-refractivity contribution >= 4 is 5.78 Å². The van der Waals surface area contributed by atoms with Crippen LogP contribution in [0.3, 0.4) is 0 Å². The number of hydrogen-bond donors (Lipinski definition) is 0. The Bertz CT molecular complexity index is 693. The van der Waals surface area contributed by atoms with E-state index in [-0.39, 0.29) is 11.2 Å². The molecule has 0 radical (unpaired) electrons. The standard InChI is InChI=1S/C18H18O/c1-11-9-10-12(2)16-15(11)17(19)13-7-5-6-8-14(13)18(16,3)4/h5-10H,1-4H3. The molecule has 2 aromatic rings. The Morgan fingerprint density at radius 2 is 1.53 bits per heavy atom. The van der Waals surface area contributed by atoms with Gasteiger partial charge in [0.15, 0.2) is 5.78 Å². The van der Waals surface area contributed by atoms with E-state index in [1.807, 2.05) is 25.1 Å². The maximum atomic E-state index is 12.8. The van der Waals surface area contributed by atoms with Gasteiger partial charge in [-0.15, -0.1) is 0 Å². The van der Waals surface area contributed by atoms with Gasteiger partial charge < -0.3 is 0 Å². The largest absolute Gasteiger partial charge is 0.289 e. The molecular formula is C18H18O. The maximum absolute atomic E-state index is 12.8. The fourth-order valence-electron chi connectivity index (χ4n) is 3.40. The Morgan fingerprint density at radius 1 is 0.895 bits per heavy atom. The van der Waals surface area contributed by atoms with Gasteiger partial charge in [-0.1, -0.05) is 50.2 Å². The van der Waals surface area contributed by atoms with Crippen LogP contribution in [-0.2, 0) is 5.41 Å². The average molecular weight is 250 g/mol. The summed E-state index contributed by atoms with van der Waals surface area (Å²) < 4.78 is 0. The molecule has 1 nitrogen and oxygen atoms in total. The minimum atomic E-state index is -0.115. The van der Waals surface area contributed by atoms with E-state index in [9.17, 15) is 4.79 Å². The number of carbonyl (C=O) groups excluding carboxylic acids is 1. The number of aryl methyl sites for hydroxylation is 2. The second-order valence-electron chi connectivity index (χ2n) is 5.95. The maximum Gasteiger partial charge on any atom is 0.193 e. The van der Waals surface area contributed by atoms with Gasteiger partial charge in [0, 0.05) is 16.5 Å². The highest BCUT2D eigenvalue weighted by atomic mass is 16.1. The molecule has 0 spiro atoms. The highest BCUT2D eigenvalue weighted by Gasteiger charge is 2.38. The molecular weight excluding hydrogens is 232 g/mol. The zero-order valence-corrected chi connectivity index (χ0v) is 11.9. The van der Waals surface area contributed by atoms with Crippen LogP contribution >= 0.6 is 0 Å². The summed E-state index contributed by atoms with van der Waals surface area (Å²) >= 11 is 0. The van der Waals surface area contributed by atoms with E-state index in [1.54, 1.807) is 0 Å². The predicted octanol–water partition coefficient (Wildman–Crippen LogP) is 4.17. The molecule has 0 aromatic heterocycles. The minimum absolute atomic E-state index is 0.115. The summed E-state index contributed by atoms with van der Waals surface area (Å²) in [5.74, 6) is 0.172. The van der Waals surface area contributed by atoms with Crippen molar-refractivity contribution < 1.29 is 4.79 Å². The third-order valence-corrected chi connectivity index (χ3v) is 4.32. The van der Waals surface area contributed by atoms with Crippen molar-refractivity contribution in [2.24, 2.45) is 0 Å². The Balaban J connectivity index is 2.45. The van der Waals surface area contributed by atoms with E-state index < -0.39 is 0 Å². The van der Waals surface area contributed by atoms with E-state index in [0.717, 1.165) is 22.3 Å². The van der Waals surface area contributed by atoms with E-state index in [1.165, 1.54) is 11.1 Å². The van der Waals surface area contributed by atoms with E-state index >= 15 is 0 Å². The van der Waals surface area contributed by atoms with Crippen LogP contribution in [0.15, 0.2) is 36.4 Å². The molecule has 0 atom stereocenters. The first-order chi connectivity index (χ1) is 8.94. The van der Waals surface area contributed by atoms with Gasteiger partial charge in [0.1, 0.15) is 0 Å². The molecule has 0 fully saturated rings. The summed E-state index contributed by atoms with van der Waals surface area (Å²) in [6.45, 7) is 8.55. The van der Waals surface area contributed by atoms with Crippen molar-refractivity contribution in [2.75, 3.05) is 0 Å².